The lowest BCUT2D eigenvalue weighted by atomic mass is 9.66. The Bertz CT molecular complexity index is 302. The van der Waals surface area contributed by atoms with Crippen LogP contribution in [0.15, 0.2) is 12.4 Å². The molecule has 0 aromatic carbocycles. The molecule has 1 N–H and O–H groups in total. The maximum absolute atomic E-state index is 9.35. The monoisotopic (exact) mass is 178 g/mol. The second-order valence-corrected chi connectivity index (χ2v) is 3.78. The third kappa shape index (κ3) is 1.23. The van der Waals surface area contributed by atoms with Crippen LogP contribution < -0.4 is 0 Å². The van der Waals surface area contributed by atoms with E-state index in [0.717, 1.165) is 24.2 Å². The number of hydrogen-bond donors (Lipinski definition) is 1. The molecule has 0 aliphatic heterocycles. The van der Waals surface area contributed by atoms with Crippen LogP contribution in [-0.4, -0.2) is 21.7 Å². The average Bonchev–Trinajstić information content (AvgIpc) is 2.07. The lowest BCUT2D eigenvalue weighted by Crippen LogP contribution is -2.39. The predicted molar refractivity (Wildman–Crippen MR) is 49.4 cm³/mol. The molecule has 0 radical (unpaired) electrons. The molecule has 3 heteroatoms. The SMILES string of the molecule is Cc1nccnc1C1(CO)CCC1. The summed E-state index contributed by atoms with van der Waals surface area (Å²) in [5.74, 6) is 0. The lowest BCUT2D eigenvalue weighted by molar-refractivity contribution is 0.115. The Balaban J connectivity index is 2.38. The van der Waals surface area contributed by atoms with Crippen LogP contribution in [0.25, 0.3) is 0 Å². The summed E-state index contributed by atoms with van der Waals surface area (Å²) >= 11 is 0. The van der Waals surface area contributed by atoms with Gasteiger partial charge in [0.25, 0.3) is 0 Å². The maximum Gasteiger partial charge on any atom is 0.0700 e. The van der Waals surface area contributed by atoms with Gasteiger partial charge in [-0.2, -0.15) is 0 Å². The molecule has 3 nitrogen and oxygen atoms in total. The molecule has 0 bridgehead atoms. The Kier molecular flexibility index (Phi) is 2.04. The minimum Gasteiger partial charge on any atom is -0.395 e. The first-order valence-corrected chi connectivity index (χ1v) is 4.67. The van der Waals surface area contributed by atoms with E-state index in [2.05, 4.69) is 9.97 Å². The van der Waals surface area contributed by atoms with Crippen molar-refractivity contribution in [1.82, 2.24) is 9.97 Å². The number of nitrogens with zero attached hydrogens (tertiary/aromatic N) is 2. The van der Waals surface area contributed by atoms with Crippen LogP contribution >= 0.6 is 0 Å². The predicted octanol–water partition coefficient (Wildman–Crippen LogP) is 1.20. The summed E-state index contributed by atoms with van der Waals surface area (Å²) in [4.78, 5) is 8.52. The topological polar surface area (TPSA) is 46.0 Å². The second-order valence-electron chi connectivity index (χ2n) is 3.78. The number of hydrogen-bond acceptors (Lipinski definition) is 3. The summed E-state index contributed by atoms with van der Waals surface area (Å²) in [6.07, 6.45) is 6.68. The van der Waals surface area contributed by atoms with Crippen molar-refractivity contribution in [1.29, 1.82) is 0 Å². The van der Waals surface area contributed by atoms with Gasteiger partial charge in [0.1, 0.15) is 0 Å². The van der Waals surface area contributed by atoms with E-state index in [1.165, 1.54) is 6.42 Å². The van der Waals surface area contributed by atoms with Crippen molar-refractivity contribution in [2.45, 2.75) is 31.6 Å². The molecule has 1 saturated carbocycles. The molecule has 1 aromatic rings. The molecule has 70 valence electrons. The molecule has 0 amide bonds. The molecule has 1 fully saturated rings. The van der Waals surface area contributed by atoms with Gasteiger partial charge in [-0.3, -0.25) is 9.97 Å². The van der Waals surface area contributed by atoms with Crippen LogP contribution in [0.1, 0.15) is 30.7 Å². The van der Waals surface area contributed by atoms with Gasteiger partial charge in [0.05, 0.1) is 18.0 Å². The third-order valence-electron chi connectivity index (χ3n) is 3.00. The summed E-state index contributed by atoms with van der Waals surface area (Å²) in [5, 5.41) is 9.35. The summed E-state index contributed by atoms with van der Waals surface area (Å²) in [5.41, 5.74) is 1.87. The average molecular weight is 178 g/mol. The third-order valence-corrected chi connectivity index (χ3v) is 3.00. The highest BCUT2D eigenvalue weighted by atomic mass is 16.3. The van der Waals surface area contributed by atoms with Gasteiger partial charge < -0.3 is 5.11 Å². The van der Waals surface area contributed by atoms with Gasteiger partial charge in [-0.05, 0) is 19.8 Å². The highest BCUT2D eigenvalue weighted by Gasteiger charge is 2.40. The zero-order chi connectivity index (χ0) is 9.31. The minimum atomic E-state index is -0.0711. The van der Waals surface area contributed by atoms with E-state index in [1.807, 2.05) is 6.92 Å². The van der Waals surface area contributed by atoms with Crippen molar-refractivity contribution in [2.75, 3.05) is 6.61 Å². The van der Waals surface area contributed by atoms with Crippen LogP contribution in [0.5, 0.6) is 0 Å². The summed E-state index contributed by atoms with van der Waals surface area (Å²) in [7, 11) is 0. The number of aliphatic hydroxyl groups is 1. The van der Waals surface area contributed by atoms with E-state index in [9.17, 15) is 5.11 Å². The second kappa shape index (κ2) is 3.07. The molecule has 1 aliphatic rings. The quantitative estimate of drug-likeness (QED) is 0.740. The lowest BCUT2D eigenvalue weighted by Gasteiger charge is -2.40. The van der Waals surface area contributed by atoms with E-state index in [1.54, 1.807) is 12.4 Å². The Labute approximate surface area is 77.8 Å². The van der Waals surface area contributed by atoms with E-state index < -0.39 is 0 Å². The Morgan fingerprint density at radius 2 is 2.08 bits per heavy atom. The normalized spacial score (nSPS) is 19.5. The molecule has 1 aromatic heterocycles. The fourth-order valence-corrected chi connectivity index (χ4v) is 2.00. The van der Waals surface area contributed by atoms with Gasteiger partial charge in [-0.1, -0.05) is 6.42 Å². The zero-order valence-electron chi connectivity index (χ0n) is 7.82. The van der Waals surface area contributed by atoms with Crippen molar-refractivity contribution >= 4 is 0 Å². The first kappa shape index (κ1) is 8.63. The summed E-state index contributed by atoms with van der Waals surface area (Å²) in [6.45, 7) is 2.16. The summed E-state index contributed by atoms with van der Waals surface area (Å²) in [6, 6.07) is 0. The van der Waals surface area contributed by atoms with Crippen molar-refractivity contribution in [3.63, 3.8) is 0 Å². The molecule has 0 unspecified atom stereocenters. The van der Waals surface area contributed by atoms with Gasteiger partial charge in [0.15, 0.2) is 0 Å². The van der Waals surface area contributed by atoms with Crippen LogP contribution in [0, 0.1) is 6.92 Å². The van der Waals surface area contributed by atoms with Crippen LogP contribution in [0.2, 0.25) is 0 Å². The van der Waals surface area contributed by atoms with Crippen LogP contribution in [0.4, 0.5) is 0 Å². The smallest absolute Gasteiger partial charge is 0.0700 e. The molecular weight excluding hydrogens is 164 g/mol. The van der Waals surface area contributed by atoms with Crippen molar-refractivity contribution in [3.8, 4) is 0 Å². The van der Waals surface area contributed by atoms with Gasteiger partial charge in [-0.15, -0.1) is 0 Å². The number of rotatable bonds is 2. The number of aliphatic hydroxyl groups excluding tert-OH is 1. The fourth-order valence-electron chi connectivity index (χ4n) is 2.00. The number of aryl methyl sites for hydroxylation is 1. The van der Waals surface area contributed by atoms with Gasteiger partial charge in [0, 0.05) is 17.8 Å². The standard InChI is InChI=1S/C10H14N2O/c1-8-9(12-6-5-11-8)10(7-13)3-2-4-10/h5-6,13H,2-4,7H2,1H3. The Hall–Kier alpha value is -0.960. The Morgan fingerprint density at radius 3 is 2.54 bits per heavy atom. The van der Waals surface area contributed by atoms with Crippen molar-refractivity contribution in [3.05, 3.63) is 23.8 Å². The molecule has 0 atom stereocenters. The first-order chi connectivity index (χ1) is 6.28. The van der Waals surface area contributed by atoms with Gasteiger partial charge >= 0.3 is 0 Å². The number of aromatic nitrogens is 2. The largest absolute Gasteiger partial charge is 0.395 e. The molecule has 13 heavy (non-hydrogen) atoms. The molecule has 1 heterocycles. The molecule has 2 rings (SSSR count). The van der Waals surface area contributed by atoms with Gasteiger partial charge in [0.2, 0.25) is 0 Å². The highest BCUT2D eigenvalue weighted by Crippen LogP contribution is 2.42. The minimum absolute atomic E-state index is 0.0711. The van der Waals surface area contributed by atoms with E-state index in [0.29, 0.717) is 0 Å². The molecule has 1 aliphatic carbocycles. The first-order valence-electron chi connectivity index (χ1n) is 4.67. The van der Waals surface area contributed by atoms with Crippen LogP contribution in [0.3, 0.4) is 0 Å². The van der Waals surface area contributed by atoms with Crippen LogP contribution in [-0.2, 0) is 5.41 Å². The fraction of sp³-hybridized carbons (Fsp3) is 0.600. The van der Waals surface area contributed by atoms with E-state index in [4.69, 9.17) is 0 Å². The van der Waals surface area contributed by atoms with Gasteiger partial charge in [-0.25, -0.2) is 0 Å². The van der Waals surface area contributed by atoms with E-state index in [-0.39, 0.29) is 12.0 Å². The zero-order valence-corrected chi connectivity index (χ0v) is 7.82. The van der Waals surface area contributed by atoms with Crippen molar-refractivity contribution in [2.24, 2.45) is 0 Å². The maximum atomic E-state index is 9.35. The summed E-state index contributed by atoms with van der Waals surface area (Å²) < 4.78 is 0. The van der Waals surface area contributed by atoms with Crippen molar-refractivity contribution < 1.29 is 5.11 Å². The Morgan fingerprint density at radius 1 is 1.38 bits per heavy atom. The molecule has 0 spiro atoms. The van der Waals surface area contributed by atoms with E-state index >= 15 is 0 Å². The molecule has 0 saturated heterocycles. The highest BCUT2D eigenvalue weighted by molar-refractivity contribution is 5.24. The molecular formula is C10H14N2O.